The summed E-state index contributed by atoms with van der Waals surface area (Å²) in [6.45, 7) is 4.88. The van der Waals surface area contributed by atoms with Gasteiger partial charge in [-0.2, -0.15) is 8.42 Å². The van der Waals surface area contributed by atoms with Crippen molar-refractivity contribution in [1.29, 1.82) is 0 Å². The minimum Gasteiger partial charge on any atom is -0.195 e. The zero-order valence-electron chi connectivity index (χ0n) is 9.03. The fourth-order valence-electron chi connectivity index (χ4n) is 2.87. The van der Waals surface area contributed by atoms with E-state index in [-0.39, 0.29) is 0 Å². The Balaban J connectivity index is 0.000000171. The van der Waals surface area contributed by atoms with Crippen molar-refractivity contribution in [2.75, 3.05) is 6.26 Å². The van der Waals surface area contributed by atoms with Gasteiger partial charge in [-0.05, 0) is 42.9 Å². The maximum Gasteiger partial charge on any atom is 0.299 e. The molecular weight excluding hydrogens is 203 g/mol. The summed E-state index contributed by atoms with van der Waals surface area (Å²) in [6.07, 6.45) is 5.13. The fourth-order valence-corrected chi connectivity index (χ4v) is 2.87. The molecule has 2 aliphatic carbocycles. The van der Waals surface area contributed by atoms with Gasteiger partial charge < -0.3 is 0 Å². The first-order valence-electron chi connectivity index (χ1n) is 5.18. The highest BCUT2D eigenvalue weighted by Crippen LogP contribution is 2.51. The van der Waals surface area contributed by atoms with E-state index in [4.69, 9.17) is 8.42 Å². The monoisotopic (exact) mass is 222 g/mol. The molecule has 0 aromatic carbocycles. The summed E-state index contributed by atoms with van der Waals surface area (Å²) in [7, 11) is -4.17. The van der Waals surface area contributed by atoms with E-state index in [0.29, 0.717) is 6.26 Å². The predicted octanol–water partition coefficient (Wildman–Crippen LogP) is 2.60. The largest absolute Gasteiger partial charge is 0.299 e. The average Bonchev–Trinajstić information content (AvgIpc) is 2.52. The Bertz CT molecular complexity index is 260. The van der Waals surface area contributed by atoms with Crippen LogP contribution in [0.1, 0.15) is 33.1 Å². The highest BCUT2D eigenvalue weighted by molar-refractivity contribution is 7.85. The molecule has 2 nitrogen and oxygen atoms in total. The average molecular weight is 222 g/mol. The molecular formula is C10H19FO2S. The van der Waals surface area contributed by atoms with Gasteiger partial charge in [0.05, 0.1) is 6.26 Å². The van der Waals surface area contributed by atoms with E-state index < -0.39 is 10.2 Å². The Morgan fingerprint density at radius 3 is 1.50 bits per heavy atom. The van der Waals surface area contributed by atoms with Crippen LogP contribution >= 0.6 is 0 Å². The molecule has 0 radical (unpaired) electrons. The van der Waals surface area contributed by atoms with E-state index in [2.05, 4.69) is 13.8 Å². The van der Waals surface area contributed by atoms with Crippen molar-refractivity contribution < 1.29 is 12.3 Å². The van der Waals surface area contributed by atoms with Crippen molar-refractivity contribution in [3.05, 3.63) is 0 Å². The molecule has 4 atom stereocenters. The quantitative estimate of drug-likeness (QED) is 0.590. The summed E-state index contributed by atoms with van der Waals surface area (Å²) in [4.78, 5) is 0. The van der Waals surface area contributed by atoms with Crippen LogP contribution in [-0.2, 0) is 10.2 Å². The Hall–Kier alpha value is -0.120. The molecule has 0 aromatic heterocycles. The van der Waals surface area contributed by atoms with E-state index in [1.807, 2.05) is 0 Å². The van der Waals surface area contributed by atoms with Crippen molar-refractivity contribution in [3.63, 3.8) is 0 Å². The van der Waals surface area contributed by atoms with Crippen molar-refractivity contribution in [2.45, 2.75) is 33.1 Å². The second-order valence-corrected chi connectivity index (χ2v) is 6.10. The smallest absolute Gasteiger partial charge is 0.195 e. The molecule has 0 spiro atoms. The molecule has 4 heteroatoms. The summed E-state index contributed by atoms with van der Waals surface area (Å²) in [5.74, 6) is 4.32. The summed E-state index contributed by atoms with van der Waals surface area (Å²) in [5, 5.41) is 0. The third-order valence-corrected chi connectivity index (χ3v) is 3.83. The zero-order chi connectivity index (χ0) is 10.9. The van der Waals surface area contributed by atoms with Gasteiger partial charge in [-0.1, -0.05) is 13.8 Å². The third kappa shape index (κ3) is 3.23. The van der Waals surface area contributed by atoms with Crippen molar-refractivity contribution in [1.82, 2.24) is 0 Å². The molecule has 0 aromatic rings. The second-order valence-electron chi connectivity index (χ2n) is 4.73. The molecule has 2 fully saturated rings. The van der Waals surface area contributed by atoms with Gasteiger partial charge in [0.2, 0.25) is 0 Å². The Morgan fingerprint density at radius 1 is 1.07 bits per heavy atom. The number of hydrogen-bond acceptors (Lipinski definition) is 2. The molecule has 0 N–H and O–H groups in total. The number of fused-ring (bicyclic) bond motifs is 2. The van der Waals surface area contributed by atoms with Crippen LogP contribution in [0, 0.1) is 23.7 Å². The lowest BCUT2D eigenvalue weighted by molar-refractivity contribution is 0.259. The minimum absolute atomic E-state index is 0.493. The lowest BCUT2D eigenvalue weighted by Gasteiger charge is -2.24. The summed E-state index contributed by atoms with van der Waals surface area (Å²) < 4.78 is 28.6. The Morgan fingerprint density at radius 2 is 1.36 bits per heavy atom. The second kappa shape index (κ2) is 4.17. The van der Waals surface area contributed by atoms with Gasteiger partial charge >= 0.3 is 0 Å². The fraction of sp³-hybridized carbons (Fsp3) is 1.00. The standard InChI is InChI=1S/C9H16.CH3FO2S/c1-6-7(2)9-4-3-8(6)5-9;1-5(2,3)4/h6-9H,3-5H2,1-2H3;1H3. The van der Waals surface area contributed by atoms with Crippen LogP contribution in [0.25, 0.3) is 0 Å². The maximum atomic E-state index is 10.7. The minimum atomic E-state index is -4.17. The highest BCUT2D eigenvalue weighted by atomic mass is 32.3. The first-order chi connectivity index (χ1) is 6.29. The van der Waals surface area contributed by atoms with Crippen LogP contribution in [0.5, 0.6) is 0 Å². The molecule has 84 valence electrons. The van der Waals surface area contributed by atoms with Gasteiger partial charge in [0.25, 0.3) is 10.2 Å². The predicted molar refractivity (Wildman–Crippen MR) is 55.1 cm³/mol. The van der Waals surface area contributed by atoms with E-state index in [9.17, 15) is 3.89 Å². The molecule has 0 heterocycles. The van der Waals surface area contributed by atoms with Crippen LogP contribution < -0.4 is 0 Å². The van der Waals surface area contributed by atoms with E-state index in [1.165, 1.54) is 12.8 Å². The molecule has 14 heavy (non-hydrogen) atoms. The third-order valence-electron chi connectivity index (χ3n) is 3.83. The van der Waals surface area contributed by atoms with Crippen LogP contribution in [0.15, 0.2) is 0 Å². The van der Waals surface area contributed by atoms with Crippen LogP contribution in [0.2, 0.25) is 0 Å². The van der Waals surface area contributed by atoms with Gasteiger partial charge in [0, 0.05) is 0 Å². The summed E-state index contributed by atoms with van der Waals surface area (Å²) in [5.41, 5.74) is 0. The molecule has 2 rings (SSSR count). The van der Waals surface area contributed by atoms with Crippen LogP contribution in [0.4, 0.5) is 3.89 Å². The molecule has 2 bridgehead atoms. The summed E-state index contributed by atoms with van der Waals surface area (Å²) >= 11 is 0. The maximum absolute atomic E-state index is 10.7. The highest BCUT2D eigenvalue weighted by Gasteiger charge is 2.42. The van der Waals surface area contributed by atoms with Gasteiger partial charge in [0.15, 0.2) is 0 Å². The van der Waals surface area contributed by atoms with E-state index >= 15 is 0 Å². The number of halogens is 1. The number of hydrogen-bond donors (Lipinski definition) is 0. The molecule has 0 amide bonds. The van der Waals surface area contributed by atoms with Crippen LogP contribution in [0.3, 0.4) is 0 Å². The molecule has 0 saturated heterocycles. The van der Waals surface area contributed by atoms with Gasteiger partial charge in [-0.25, -0.2) is 0 Å². The molecule has 0 aliphatic heterocycles. The van der Waals surface area contributed by atoms with Gasteiger partial charge in [0.1, 0.15) is 0 Å². The normalized spacial score (nSPS) is 40.6. The van der Waals surface area contributed by atoms with Crippen molar-refractivity contribution in [3.8, 4) is 0 Å². The van der Waals surface area contributed by atoms with Crippen LogP contribution in [-0.4, -0.2) is 14.7 Å². The van der Waals surface area contributed by atoms with E-state index in [1.54, 1.807) is 6.42 Å². The summed E-state index contributed by atoms with van der Waals surface area (Å²) in [6, 6.07) is 0. The van der Waals surface area contributed by atoms with Crippen molar-refractivity contribution in [2.24, 2.45) is 23.7 Å². The molecule has 2 saturated carbocycles. The first-order valence-corrected chi connectivity index (χ1v) is 6.98. The lowest BCUT2D eigenvalue weighted by Crippen LogP contribution is -2.15. The first kappa shape index (κ1) is 12.0. The topological polar surface area (TPSA) is 34.1 Å². The Kier molecular flexibility index (Phi) is 3.56. The SMILES string of the molecule is CC1C2CCC(C2)C1C.CS(=O)(=O)F. The molecule has 2 aliphatic rings. The Labute approximate surface area is 86.1 Å². The van der Waals surface area contributed by atoms with Gasteiger partial charge in [-0.15, -0.1) is 3.89 Å². The van der Waals surface area contributed by atoms with E-state index in [0.717, 1.165) is 23.7 Å². The zero-order valence-corrected chi connectivity index (χ0v) is 9.85. The lowest BCUT2D eigenvalue weighted by atomic mass is 9.82. The number of rotatable bonds is 0. The van der Waals surface area contributed by atoms with Gasteiger partial charge in [-0.3, -0.25) is 0 Å². The van der Waals surface area contributed by atoms with Crippen molar-refractivity contribution >= 4 is 10.2 Å². The molecule has 4 unspecified atom stereocenters.